The van der Waals surface area contributed by atoms with Crippen LogP contribution >= 0.6 is 0 Å². The van der Waals surface area contributed by atoms with Gasteiger partial charge in [-0.25, -0.2) is 17.4 Å². The van der Waals surface area contributed by atoms with Crippen molar-refractivity contribution in [2.45, 2.75) is 11.8 Å². The van der Waals surface area contributed by atoms with Gasteiger partial charge in [-0.05, 0) is 37.3 Å². The van der Waals surface area contributed by atoms with Crippen molar-refractivity contribution in [3.63, 3.8) is 0 Å². The van der Waals surface area contributed by atoms with Gasteiger partial charge in [0.15, 0.2) is 17.3 Å². The Hall–Kier alpha value is -2.80. The Labute approximate surface area is 146 Å². The lowest BCUT2D eigenvalue weighted by Crippen LogP contribution is -2.13. The molecule has 0 spiro atoms. The molecule has 6 nitrogen and oxygen atoms in total. The summed E-state index contributed by atoms with van der Waals surface area (Å²) in [5, 5.41) is 0. The number of benzene rings is 2. The molecule has 0 saturated carbocycles. The van der Waals surface area contributed by atoms with Gasteiger partial charge in [0.1, 0.15) is 0 Å². The van der Waals surface area contributed by atoms with Gasteiger partial charge in [-0.2, -0.15) is 0 Å². The molecule has 0 saturated heterocycles. The number of hydrogen-bond acceptors (Lipinski definition) is 5. The van der Waals surface area contributed by atoms with E-state index in [1.807, 2.05) is 6.92 Å². The second-order valence-electron chi connectivity index (χ2n) is 5.16. The Morgan fingerprint density at radius 3 is 2.52 bits per heavy atom. The van der Waals surface area contributed by atoms with E-state index >= 15 is 0 Å². The van der Waals surface area contributed by atoms with E-state index in [4.69, 9.17) is 9.47 Å². The highest BCUT2D eigenvalue weighted by atomic mass is 32.2. The second-order valence-corrected chi connectivity index (χ2v) is 6.98. The van der Waals surface area contributed by atoms with Crippen LogP contribution in [0.3, 0.4) is 0 Å². The van der Waals surface area contributed by atoms with Gasteiger partial charge >= 0.3 is 0 Å². The van der Waals surface area contributed by atoms with E-state index in [1.54, 1.807) is 48.5 Å². The number of ether oxygens (including phenoxy) is 2. The summed E-state index contributed by atoms with van der Waals surface area (Å²) < 4.78 is 37.8. The number of aromatic nitrogens is 2. The molecule has 0 N–H and O–H groups in total. The monoisotopic (exact) mass is 358 g/mol. The van der Waals surface area contributed by atoms with E-state index in [0.717, 1.165) is 3.97 Å². The lowest BCUT2D eigenvalue weighted by Gasteiger charge is -2.12. The van der Waals surface area contributed by atoms with E-state index in [9.17, 15) is 8.42 Å². The van der Waals surface area contributed by atoms with Crippen molar-refractivity contribution in [2.75, 3.05) is 13.7 Å². The van der Waals surface area contributed by atoms with Crippen LogP contribution in [0, 0.1) is 0 Å². The molecule has 0 unspecified atom stereocenters. The lowest BCUT2D eigenvalue weighted by atomic mass is 10.2. The Morgan fingerprint density at radius 1 is 1.08 bits per heavy atom. The van der Waals surface area contributed by atoms with Crippen molar-refractivity contribution in [3.05, 3.63) is 60.9 Å². The number of methoxy groups -OCH3 is 1. The molecule has 3 aromatic rings. The highest BCUT2D eigenvalue weighted by Crippen LogP contribution is 2.32. The summed E-state index contributed by atoms with van der Waals surface area (Å²) in [7, 11) is -2.20. The van der Waals surface area contributed by atoms with Crippen LogP contribution in [0.5, 0.6) is 11.5 Å². The first-order valence-corrected chi connectivity index (χ1v) is 9.17. The lowest BCUT2D eigenvalue weighted by molar-refractivity contribution is 0.311. The minimum atomic E-state index is -3.73. The molecule has 0 aliphatic carbocycles. The van der Waals surface area contributed by atoms with Gasteiger partial charge in [0.05, 0.1) is 18.6 Å². The minimum absolute atomic E-state index is 0.201. The first-order chi connectivity index (χ1) is 12.1. The predicted octanol–water partition coefficient (Wildman–Crippen LogP) is 3.19. The average Bonchev–Trinajstić information content (AvgIpc) is 3.14. The number of hydrogen-bond donors (Lipinski definition) is 0. The highest BCUT2D eigenvalue weighted by molar-refractivity contribution is 7.90. The summed E-state index contributed by atoms with van der Waals surface area (Å²) >= 11 is 0. The zero-order chi connectivity index (χ0) is 17.9. The van der Waals surface area contributed by atoms with Crippen LogP contribution in [0.4, 0.5) is 0 Å². The molecule has 0 bridgehead atoms. The average molecular weight is 358 g/mol. The fourth-order valence-electron chi connectivity index (χ4n) is 2.48. The molecule has 1 heterocycles. The van der Waals surface area contributed by atoms with Crippen LogP contribution in [0.25, 0.3) is 11.4 Å². The third kappa shape index (κ3) is 3.23. The van der Waals surface area contributed by atoms with Gasteiger partial charge in [0, 0.05) is 18.0 Å². The normalized spacial score (nSPS) is 11.3. The van der Waals surface area contributed by atoms with Crippen LogP contribution in [0.15, 0.2) is 65.8 Å². The van der Waals surface area contributed by atoms with E-state index < -0.39 is 10.0 Å². The zero-order valence-corrected chi connectivity index (χ0v) is 14.7. The van der Waals surface area contributed by atoms with Crippen molar-refractivity contribution < 1.29 is 17.9 Å². The third-order valence-electron chi connectivity index (χ3n) is 3.63. The molecule has 7 heteroatoms. The van der Waals surface area contributed by atoms with Crippen molar-refractivity contribution in [1.29, 1.82) is 0 Å². The molecule has 2 aromatic carbocycles. The van der Waals surface area contributed by atoms with E-state index in [-0.39, 0.29) is 4.90 Å². The van der Waals surface area contributed by atoms with Crippen LogP contribution in [0.2, 0.25) is 0 Å². The van der Waals surface area contributed by atoms with Crippen molar-refractivity contribution in [1.82, 2.24) is 8.96 Å². The van der Waals surface area contributed by atoms with Gasteiger partial charge in [-0.1, -0.05) is 18.2 Å². The number of imidazole rings is 1. The highest BCUT2D eigenvalue weighted by Gasteiger charge is 2.21. The van der Waals surface area contributed by atoms with Gasteiger partial charge in [0.25, 0.3) is 10.0 Å². The molecule has 1 aromatic heterocycles. The summed E-state index contributed by atoms with van der Waals surface area (Å²) in [4.78, 5) is 4.42. The Balaban J connectivity index is 2.09. The summed E-state index contributed by atoms with van der Waals surface area (Å²) in [5.74, 6) is 1.42. The maximum Gasteiger partial charge on any atom is 0.269 e. The quantitative estimate of drug-likeness (QED) is 0.677. The summed E-state index contributed by atoms with van der Waals surface area (Å²) in [5.41, 5.74) is 0.616. The van der Waals surface area contributed by atoms with Crippen molar-refractivity contribution in [2.24, 2.45) is 0 Å². The Kier molecular flexibility index (Phi) is 4.76. The van der Waals surface area contributed by atoms with Gasteiger partial charge in [-0.3, -0.25) is 0 Å². The largest absolute Gasteiger partial charge is 0.493 e. The Morgan fingerprint density at radius 2 is 1.84 bits per heavy atom. The standard InChI is InChI=1S/C18H18N2O4S/c1-3-24-16-10-9-14(13-17(16)23-2)18-19-11-12-20(18)25(21,22)15-7-5-4-6-8-15/h4-13H,3H2,1-2H3. The van der Waals surface area contributed by atoms with Crippen LogP contribution < -0.4 is 9.47 Å². The van der Waals surface area contributed by atoms with E-state index in [0.29, 0.717) is 29.5 Å². The molecular weight excluding hydrogens is 340 g/mol. The number of nitrogens with zero attached hydrogens (tertiary/aromatic N) is 2. The van der Waals surface area contributed by atoms with Crippen molar-refractivity contribution in [3.8, 4) is 22.9 Å². The van der Waals surface area contributed by atoms with E-state index in [2.05, 4.69) is 4.98 Å². The molecule has 130 valence electrons. The SMILES string of the molecule is CCOc1ccc(-c2nccn2S(=O)(=O)c2ccccc2)cc1OC. The maximum atomic E-state index is 12.9. The van der Waals surface area contributed by atoms with Gasteiger partial charge in [-0.15, -0.1) is 0 Å². The number of rotatable bonds is 6. The molecule has 0 atom stereocenters. The van der Waals surface area contributed by atoms with Crippen LogP contribution in [-0.4, -0.2) is 31.1 Å². The van der Waals surface area contributed by atoms with Gasteiger partial charge < -0.3 is 9.47 Å². The molecule has 0 fully saturated rings. The predicted molar refractivity (Wildman–Crippen MR) is 94.4 cm³/mol. The molecule has 0 aliphatic rings. The molecule has 0 radical (unpaired) electrons. The summed E-state index contributed by atoms with van der Waals surface area (Å²) in [6, 6.07) is 13.5. The molecule has 0 amide bonds. The Bertz CT molecular complexity index is 966. The first kappa shape index (κ1) is 17.0. The van der Waals surface area contributed by atoms with E-state index in [1.165, 1.54) is 19.5 Å². The minimum Gasteiger partial charge on any atom is -0.493 e. The molecule has 3 rings (SSSR count). The topological polar surface area (TPSA) is 70.4 Å². The zero-order valence-electron chi connectivity index (χ0n) is 13.9. The van der Waals surface area contributed by atoms with Crippen molar-refractivity contribution >= 4 is 10.0 Å². The molecule has 0 aliphatic heterocycles. The summed E-state index contributed by atoms with van der Waals surface area (Å²) in [6.45, 7) is 2.39. The van der Waals surface area contributed by atoms with Crippen LogP contribution in [0.1, 0.15) is 6.92 Å². The second kappa shape index (κ2) is 6.98. The fraction of sp³-hybridized carbons (Fsp3) is 0.167. The molecular formula is C18H18N2O4S. The maximum absolute atomic E-state index is 12.9. The van der Waals surface area contributed by atoms with Gasteiger partial charge in [0.2, 0.25) is 0 Å². The first-order valence-electron chi connectivity index (χ1n) is 7.73. The fourth-order valence-corrected chi connectivity index (χ4v) is 3.80. The smallest absolute Gasteiger partial charge is 0.269 e. The summed E-state index contributed by atoms with van der Waals surface area (Å²) in [6.07, 6.45) is 2.89. The molecule has 25 heavy (non-hydrogen) atoms. The van der Waals surface area contributed by atoms with Crippen LogP contribution in [-0.2, 0) is 10.0 Å². The third-order valence-corrected chi connectivity index (χ3v) is 5.31.